The van der Waals surface area contributed by atoms with Gasteiger partial charge in [-0.3, -0.25) is 0 Å². The summed E-state index contributed by atoms with van der Waals surface area (Å²) in [6.45, 7) is 7.97. The molecule has 0 radical (unpaired) electrons. The molecule has 0 aromatic rings. The lowest BCUT2D eigenvalue weighted by molar-refractivity contribution is 0.317. The highest BCUT2D eigenvalue weighted by Crippen LogP contribution is 2.26. The second-order valence-electron chi connectivity index (χ2n) is 7.10. The first kappa shape index (κ1) is 19.5. The lowest BCUT2D eigenvalue weighted by Crippen LogP contribution is -2.22. The summed E-state index contributed by atoms with van der Waals surface area (Å²) < 4.78 is 0. The zero-order valence-corrected chi connectivity index (χ0v) is 15.0. The van der Waals surface area contributed by atoms with Gasteiger partial charge in [-0.15, -0.1) is 0 Å². The van der Waals surface area contributed by atoms with Gasteiger partial charge in [0.2, 0.25) is 0 Å². The molecule has 0 heterocycles. The Kier molecular flexibility index (Phi) is 12.5. The van der Waals surface area contributed by atoms with E-state index in [2.05, 4.69) is 11.9 Å². The first-order chi connectivity index (χ1) is 10.9. The van der Waals surface area contributed by atoms with Gasteiger partial charge in [-0.05, 0) is 44.7 Å². The Bertz CT molecular complexity index is 250. The number of rotatable bonds is 7. The monoisotopic (exact) mass is 305 g/mol. The van der Waals surface area contributed by atoms with E-state index in [0.29, 0.717) is 0 Å². The molecule has 0 saturated heterocycles. The Morgan fingerprint density at radius 1 is 0.818 bits per heavy atom. The van der Waals surface area contributed by atoms with Crippen LogP contribution in [0.3, 0.4) is 0 Å². The van der Waals surface area contributed by atoms with Crippen molar-refractivity contribution in [2.75, 3.05) is 13.1 Å². The van der Waals surface area contributed by atoms with Crippen LogP contribution in [0, 0.1) is 11.8 Å². The van der Waals surface area contributed by atoms with E-state index < -0.39 is 0 Å². The van der Waals surface area contributed by atoms with Crippen LogP contribution in [0.25, 0.3) is 0 Å². The molecular weight excluding hydrogens is 266 g/mol. The largest absolute Gasteiger partial charge is 0.317 e. The Morgan fingerprint density at radius 2 is 1.27 bits per heavy atom. The minimum Gasteiger partial charge on any atom is -0.317 e. The third-order valence-corrected chi connectivity index (χ3v) is 5.24. The van der Waals surface area contributed by atoms with Gasteiger partial charge < -0.3 is 5.32 Å². The normalized spacial score (nSPS) is 20.6. The van der Waals surface area contributed by atoms with Crippen LogP contribution in [0.4, 0.5) is 0 Å². The van der Waals surface area contributed by atoms with Crippen molar-refractivity contribution >= 4 is 0 Å². The van der Waals surface area contributed by atoms with Gasteiger partial charge in [-0.25, -0.2) is 0 Å². The highest BCUT2D eigenvalue weighted by Gasteiger charge is 2.14. The van der Waals surface area contributed by atoms with Gasteiger partial charge in [0.05, 0.1) is 0 Å². The fraction of sp³-hybridized carbons (Fsp3) is 0.810. The van der Waals surface area contributed by atoms with Crippen LogP contribution in [0.15, 0.2) is 24.8 Å². The summed E-state index contributed by atoms with van der Waals surface area (Å²) in [5.74, 6) is 2.09. The van der Waals surface area contributed by atoms with Crippen LogP contribution in [-0.2, 0) is 0 Å². The molecule has 0 aliphatic heterocycles. The molecule has 128 valence electrons. The van der Waals surface area contributed by atoms with Gasteiger partial charge in [0.25, 0.3) is 0 Å². The predicted octanol–water partition coefficient (Wildman–Crippen LogP) is 6.27. The second-order valence-corrected chi connectivity index (χ2v) is 7.10. The summed E-state index contributed by atoms with van der Waals surface area (Å²) in [4.78, 5) is 0. The van der Waals surface area contributed by atoms with Gasteiger partial charge >= 0.3 is 0 Å². The quantitative estimate of drug-likeness (QED) is 0.432. The van der Waals surface area contributed by atoms with E-state index >= 15 is 0 Å². The Morgan fingerprint density at radius 3 is 1.59 bits per heavy atom. The van der Waals surface area contributed by atoms with Crippen molar-refractivity contribution < 1.29 is 0 Å². The van der Waals surface area contributed by atoms with Crippen LogP contribution < -0.4 is 5.32 Å². The molecule has 2 fully saturated rings. The molecule has 2 saturated carbocycles. The number of hydrogen-bond acceptors (Lipinski definition) is 1. The first-order valence-electron chi connectivity index (χ1n) is 9.81. The molecule has 0 aromatic heterocycles. The molecule has 0 aromatic carbocycles. The maximum atomic E-state index is 3.68. The molecule has 2 rings (SSSR count). The molecule has 2 aliphatic rings. The molecule has 1 heteroatoms. The highest BCUT2D eigenvalue weighted by atomic mass is 14.8. The average molecular weight is 306 g/mol. The van der Waals surface area contributed by atoms with E-state index in [-0.39, 0.29) is 0 Å². The van der Waals surface area contributed by atoms with Crippen molar-refractivity contribution in [3.05, 3.63) is 24.8 Å². The van der Waals surface area contributed by atoms with E-state index in [4.69, 9.17) is 0 Å². The summed E-state index contributed by atoms with van der Waals surface area (Å²) in [6.07, 6.45) is 23.4. The molecule has 1 nitrogen and oxygen atoms in total. The van der Waals surface area contributed by atoms with Gasteiger partial charge in [-0.1, -0.05) is 89.0 Å². The molecule has 22 heavy (non-hydrogen) atoms. The topological polar surface area (TPSA) is 12.0 Å². The lowest BCUT2D eigenvalue weighted by atomic mass is 9.86. The SMILES string of the molecule is C1CCC(CCNCCC2CCCCC2)CC1.C=C/C=C\C. The van der Waals surface area contributed by atoms with Gasteiger partial charge in [0, 0.05) is 0 Å². The summed E-state index contributed by atoms with van der Waals surface area (Å²) in [5.41, 5.74) is 0. The third-order valence-electron chi connectivity index (χ3n) is 5.24. The zero-order chi connectivity index (χ0) is 15.9. The van der Waals surface area contributed by atoms with E-state index in [1.54, 1.807) is 6.08 Å². The third kappa shape index (κ3) is 10.2. The maximum absolute atomic E-state index is 3.68. The molecule has 0 spiro atoms. The van der Waals surface area contributed by atoms with E-state index in [1.165, 1.54) is 90.1 Å². The molecule has 0 amide bonds. The van der Waals surface area contributed by atoms with Crippen molar-refractivity contribution in [3.8, 4) is 0 Å². The Hall–Kier alpha value is -0.560. The second kappa shape index (κ2) is 14.1. The number of hydrogen-bond donors (Lipinski definition) is 1. The first-order valence-corrected chi connectivity index (χ1v) is 9.81. The average Bonchev–Trinajstić information content (AvgIpc) is 2.58. The smallest absolute Gasteiger partial charge is 0.00463 e. The zero-order valence-electron chi connectivity index (χ0n) is 15.0. The van der Waals surface area contributed by atoms with Crippen molar-refractivity contribution in [1.82, 2.24) is 5.32 Å². The number of nitrogens with one attached hydrogen (secondary N) is 1. The number of allylic oxidation sites excluding steroid dienone is 3. The van der Waals surface area contributed by atoms with Crippen LogP contribution in [0.5, 0.6) is 0 Å². The summed E-state index contributed by atoms with van der Waals surface area (Å²) in [6, 6.07) is 0. The van der Waals surface area contributed by atoms with E-state index in [1.807, 2.05) is 19.1 Å². The van der Waals surface area contributed by atoms with Crippen LogP contribution >= 0.6 is 0 Å². The van der Waals surface area contributed by atoms with Gasteiger partial charge in [0.1, 0.15) is 0 Å². The maximum Gasteiger partial charge on any atom is -0.00463 e. The van der Waals surface area contributed by atoms with Gasteiger partial charge in [0.15, 0.2) is 0 Å². The lowest BCUT2D eigenvalue weighted by Gasteiger charge is -2.23. The van der Waals surface area contributed by atoms with Crippen LogP contribution in [0.2, 0.25) is 0 Å². The van der Waals surface area contributed by atoms with Crippen LogP contribution in [0.1, 0.15) is 84.0 Å². The van der Waals surface area contributed by atoms with Gasteiger partial charge in [-0.2, -0.15) is 0 Å². The molecular formula is C21H39N. The van der Waals surface area contributed by atoms with Crippen LogP contribution in [-0.4, -0.2) is 13.1 Å². The molecule has 2 aliphatic carbocycles. The highest BCUT2D eigenvalue weighted by molar-refractivity contribution is 4.94. The molecule has 0 unspecified atom stereocenters. The minimum atomic E-state index is 1.05. The minimum absolute atomic E-state index is 1.05. The standard InChI is InChI=1S/C16H31N.C5H8/c1-3-7-15(8-4-1)11-13-17-14-12-16-9-5-2-6-10-16;1-3-5-4-2/h15-17H,1-14H2;3-5H,1H2,2H3/b;5-4-. The van der Waals surface area contributed by atoms with E-state index in [9.17, 15) is 0 Å². The fourth-order valence-electron chi connectivity index (χ4n) is 3.83. The fourth-order valence-corrected chi connectivity index (χ4v) is 3.83. The van der Waals surface area contributed by atoms with Crippen molar-refractivity contribution in [3.63, 3.8) is 0 Å². The van der Waals surface area contributed by atoms with Crippen molar-refractivity contribution in [2.24, 2.45) is 11.8 Å². The Balaban J connectivity index is 0.000000422. The molecule has 0 bridgehead atoms. The summed E-state index contributed by atoms with van der Waals surface area (Å²) in [5, 5.41) is 3.68. The Labute approximate surface area is 139 Å². The predicted molar refractivity (Wildman–Crippen MR) is 100 cm³/mol. The molecule has 0 atom stereocenters. The van der Waals surface area contributed by atoms with Crippen molar-refractivity contribution in [1.29, 1.82) is 0 Å². The van der Waals surface area contributed by atoms with Crippen molar-refractivity contribution in [2.45, 2.75) is 84.0 Å². The summed E-state index contributed by atoms with van der Waals surface area (Å²) in [7, 11) is 0. The summed E-state index contributed by atoms with van der Waals surface area (Å²) >= 11 is 0. The van der Waals surface area contributed by atoms with E-state index in [0.717, 1.165) is 11.8 Å². The molecule has 1 N–H and O–H groups in total.